The molecule has 1 spiro atoms. The summed E-state index contributed by atoms with van der Waals surface area (Å²) in [6.45, 7) is 6.24. The number of aliphatic hydroxyl groups excluding tert-OH is 1. The predicted octanol–water partition coefficient (Wildman–Crippen LogP) is 3.37. The lowest BCUT2D eigenvalue weighted by molar-refractivity contribution is -0.146. The Labute approximate surface area is 218 Å². The minimum Gasteiger partial charge on any atom is -0.469 e. The molecule has 0 radical (unpaired) electrons. The van der Waals surface area contributed by atoms with E-state index in [1.807, 2.05) is 31.2 Å². The highest BCUT2D eigenvalue weighted by molar-refractivity contribution is 6.72. The van der Waals surface area contributed by atoms with Gasteiger partial charge in [0.2, 0.25) is 8.41 Å². The Morgan fingerprint density at radius 2 is 2.03 bits per heavy atom. The molecule has 1 N–H and O–H groups in total. The smallest absolute Gasteiger partial charge is 0.305 e. The molecular weight excluding hydrogens is 495 g/mol. The molecule has 0 saturated carbocycles. The van der Waals surface area contributed by atoms with E-state index in [0.29, 0.717) is 50.9 Å². The molecule has 3 heterocycles. The van der Waals surface area contributed by atoms with Crippen molar-refractivity contribution in [2.75, 3.05) is 25.2 Å². The number of para-hydroxylation sites is 1. The molecule has 9 nitrogen and oxygen atoms in total. The van der Waals surface area contributed by atoms with Crippen LogP contribution in [0, 0.1) is 5.92 Å². The number of aliphatic hydroxyl groups is 1. The molecular formula is C26H37FN4O5Si. The van der Waals surface area contributed by atoms with E-state index in [2.05, 4.69) is 10.3 Å². The van der Waals surface area contributed by atoms with Gasteiger partial charge in [-0.1, -0.05) is 30.3 Å². The van der Waals surface area contributed by atoms with Gasteiger partial charge in [0, 0.05) is 55.8 Å². The summed E-state index contributed by atoms with van der Waals surface area (Å²) in [7, 11) is -1.87. The van der Waals surface area contributed by atoms with Crippen LogP contribution in [-0.4, -0.2) is 66.7 Å². The number of nitrogens with zero attached hydrogens (tertiary/aromatic N) is 4. The lowest BCUT2D eigenvalue weighted by Crippen LogP contribution is -2.45. The summed E-state index contributed by atoms with van der Waals surface area (Å²) >= 11 is 0. The molecule has 1 amide bonds. The zero-order valence-electron chi connectivity index (χ0n) is 22.0. The molecule has 2 aromatic rings. The molecule has 4 atom stereocenters. The van der Waals surface area contributed by atoms with Crippen molar-refractivity contribution in [3.05, 3.63) is 41.7 Å². The van der Waals surface area contributed by atoms with Crippen molar-refractivity contribution in [1.82, 2.24) is 15.0 Å². The summed E-state index contributed by atoms with van der Waals surface area (Å²) in [6, 6.07) is 7.62. The van der Waals surface area contributed by atoms with Crippen LogP contribution in [0.1, 0.15) is 43.9 Å². The fourth-order valence-electron chi connectivity index (χ4n) is 6.07. The summed E-state index contributed by atoms with van der Waals surface area (Å²) in [6.07, 6.45) is 3.78. The number of hydrogen-bond acceptors (Lipinski definition) is 7. The van der Waals surface area contributed by atoms with Crippen LogP contribution in [0.15, 0.2) is 30.5 Å². The third-order valence-corrected chi connectivity index (χ3v) is 10.2. The number of hydrogen-bond donors (Lipinski definition) is 1. The summed E-state index contributed by atoms with van der Waals surface area (Å²) < 4.78 is 29.0. The number of esters is 1. The van der Waals surface area contributed by atoms with Gasteiger partial charge in [0.25, 0.3) is 5.91 Å². The third-order valence-electron chi connectivity index (χ3n) is 7.71. The fraction of sp³-hybridized carbons (Fsp3) is 0.615. The van der Waals surface area contributed by atoms with Crippen LogP contribution < -0.4 is 4.90 Å². The van der Waals surface area contributed by atoms with Crippen molar-refractivity contribution in [3.8, 4) is 0 Å². The van der Waals surface area contributed by atoms with Gasteiger partial charge in [-0.15, -0.1) is 5.10 Å². The fourth-order valence-corrected chi connectivity index (χ4v) is 8.61. The van der Waals surface area contributed by atoms with Gasteiger partial charge in [0.15, 0.2) is 5.60 Å². The number of methoxy groups -OCH3 is 1. The van der Waals surface area contributed by atoms with E-state index in [9.17, 15) is 9.59 Å². The van der Waals surface area contributed by atoms with Crippen LogP contribution in [0.3, 0.4) is 0 Å². The molecule has 202 valence electrons. The highest BCUT2D eigenvalue weighted by Gasteiger charge is 2.66. The summed E-state index contributed by atoms with van der Waals surface area (Å²) in [5.74, 6) is -0.774. The number of aromatic nitrogens is 3. The van der Waals surface area contributed by atoms with Crippen LogP contribution in [0.4, 0.5) is 9.80 Å². The Morgan fingerprint density at radius 1 is 1.27 bits per heavy atom. The first kappa shape index (κ1) is 27.4. The number of unbranched alkanes of at least 4 members (excludes halogenated alkanes) is 1. The van der Waals surface area contributed by atoms with Gasteiger partial charge in [-0.25, -0.2) is 0 Å². The van der Waals surface area contributed by atoms with Crippen LogP contribution in [0.5, 0.6) is 0 Å². The van der Waals surface area contributed by atoms with Gasteiger partial charge in [-0.3, -0.25) is 14.3 Å². The van der Waals surface area contributed by atoms with E-state index in [4.69, 9.17) is 14.6 Å². The number of amides is 1. The Kier molecular flexibility index (Phi) is 8.15. The standard InChI is InChI=1S/C26H37FN4O5Si/c1-18-24(37(3,4)27)22(12-15-30-17-19(13-16-32)28-29-30)36-26(18)20-9-5-6-10-21(20)31(25(26)34)14-8-7-11-23(33)35-2/h5-6,9-10,17-18,22,24,32H,7-8,11-16H2,1-4H3/t18-,22+,24-,26+/m1/s1. The first-order valence-corrected chi connectivity index (χ1v) is 15.9. The van der Waals surface area contributed by atoms with Gasteiger partial charge in [-0.2, -0.15) is 0 Å². The maximum atomic E-state index is 15.8. The zero-order chi connectivity index (χ0) is 26.8. The summed E-state index contributed by atoms with van der Waals surface area (Å²) in [5.41, 5.74) is 0.648. The van der Waals surface area contributed by atoms with Crippen LogP contribution in [-0.2, 0) is 37.6 Å². The van der Waals surface area contributed by atoms with Gasteiger partial charge >= 0.3 is 5.97 Å². The highest BCUT2D eigenvalue weighted by Crippen LogP contribution is 2.60. The van der Waals surface area contributed by atoms with E-state index < -0.39 is 20.1 Å². The zero-order valence-corrected chi connectivity index (χ0v) is 23.0. The monoisotopic (exact) mass is 532 g/mol. The van der Waals surface area contributed by atoms with Crippen LogP contribution in [0.2, 0.25) is 18.6 Å². The molecule has 1 fully saturated rings. The van der Waals surface area contributed by atoms with Crippen molar-refractivity contribution < 1.29 is 28.3 Å². The number of anilines is 1. The first-order chi connectivity index (χ1) is 17.6. The van der Waals surface area contributed by atoms with Gasteiger partial charge in [0.1, 0.15) is 0 Å². The minimum atomic E-state index is -3.24. The summed E-state index contributed by atoms with van der Waals surface area (Å²) in [4.78, 5) is 27.3. The number of benzene rings is 1. The second-order valence-corrected chi connectivity index (χ2v) is 14.3. The average molecular weight is 533 g/mol. The molecule has 1 aromatic heterocycles. The van der Waals surface area contributed by atoms with E-state index in [1.54, 1.807) is 28.9 Å². The van der Waals surface area contributed by atoms with Gasteiger partial charge < -0.3 is 23.6 Å². The topological polar surface area (TPSA) is 107 Å². The van der Waals surface area contributed by atoms with E-state index in [-0.39, 0.29) is 29.9 Å². The lowest BCUT2D eigenvalue weighted by atomic mass is 9.82. The second kappa shape index (κ2) is 11.0. The van der Waals surface area contributed by atoms with Crippen LogP contribution in [0.25, 0.3) is 0 Å². The number of ether oxygens (including phenoxy) is 2. The molecule has 2 aliphatic rings. The van der Waals surface area contributed by atoms with Crippen molar-refractivity contribution >= 4 is 26.0 Å². The Balaban J connectivity index is 1.58. The normalized spacial score (nSPS) is 25.2. The molecule has 37 heavy (non-hydrogen) atoms. The number of rotatable bonds is 11. The van der Waals surface area contributed by atoms with Crippen molar-refractivity contribution in [1.29, 1.82) is 0 Å². The number of carbonyl (C=O) groups excluding carboxylic acids is 2. The maximum Gasteiger partial charge on any atom is 0.305 e. The van der Waals surface area contributed by atoms with E-state index in [1.165, 1.54) is 7.11 Å². The Bertz CT molecular complexity index is 1120. The molecule has 4 rings (SSSR count). The molecule has 1 aromatic carbocycles. The first-order valence-electron chi connectivity index (χ1n) is 13.0. The maximum absolute atomic E-state index is 15.8. The number of halogens is 1. The van der Waals surface area contributed by atoms with Gasteiger partial charge in [-0.05, 0) is 38.4 Å². The van der Waals surface area contributed by atoms with Crippen molar-refractivity contribution in [2.45, 2.75) is 75.9 Å². The second-order valence-electron chi connectivity index (χ2n) is 10.5. The van der Waals surface area contributed by atoms with Crippen molar-refractivity contribution in [2.24, 2.45) is 5.92 Å². The molecule has 0 unspecified atom stereocenters. The Hall–Kier alpha value is -2.63. The molecule has 0 bridgehead atoms. The lowest BCUT2D eigenvalue weighted by Gasteiger charge is -2.31. The highest BCUT2D eigenvalue weighted by atomic mass is 28.4. The minimum absolute atomic E-state index is 0.00507. The van der Waals surface area contributed by atoms with Gasteiger partial charge in [0.05, 0.1) is 24.6 Å². The number of carbonyl (C=O) groups is 2. The molecule has 11 heteroatoms. The SMILES string of the molecule is COC(=O)CCCCN1C(=O)[C@@]2(O[C@@H](CCn3cc(CCO)nn3)[C@H]([Si](C)(C)F)[C@H]2C)c2ccccc21. The average Bonchev–Trinajstić information content (AvgIpc) is 3.50. The van der Waals surface area contributed by atoms with E-state index >= 15 is 4.11 Å². The van der Waals surface area contributed by atoms with E-state index in [0.717, 1.165) is 11.3 Å². The number of aryl methyl sites for hydroxylation is 1. The predicted molar refractivity (Wildman–Crippen MR) is 138 cm³/mol. The van der Waals surface area contributed by atoms with Crippen LogP contribution >= 0.6 is 0 Å². The molecule has 2 aliphatic heterocycles. The Morgan fingerprint density at radius 3 is 2.73 bits per heavy atom. The quantitative estimate of drug-likeness (QED) is 0.205. The summed E-state index contributed by atoms with van der Waals surface area (Å²) in [5, 5.41) is 17.3. The third kappa shape index (κ3) is 5.21. The number of fused-ring (bicyclic) bond motifs is 2. The molecule has 1 saturated heterocycles. The van der Waals surface area contributed by atoms with Crippen molar-refractivity contribution in [3.63, 3.8) is 0 Å². The largest absolute Gasteiger partial charge is 0.469 e. The molecule has 0 aliphatic carbocycles.